The first-order chi connectivity index (χ1) is 10.2. The van der Waals surface area contributed by atoms with Crippen molar-refractivity contribution < 1.29 is 5.11 Å². The average Bonchev–Trinajstić information content (AvgIpc) is 2.38. The Labute approximate surface area is 138 Å². The maximum Gasteiger partial charge on any atom is 0.0646 e. The monoisotopic (exact) mass is 316 g/mol. The molecule has 0 bridgehead atoms. The summed E-state index contributed by atoms with van der Waals surface area (Å²) in [5.41, 5.74) is 0. The molecule has 0 saturated heterocycles. The summed E-state index contributed by atoms with van der Waals surface area (Å²) in [7, 11) is 10.8. The molecule has 0 amide bonds. The van der Waals surface area contributed by atoms with E-state index in [-0.39, 0.29) is 6.10 Å². The summed E-state index contributed by atoms with van der Waals surface area (Å²) >= 11 is 0. The number of hydrogen-bond acceptors (Lipinski definition) is 5. The summed E-state index contributed by atoms with van der Waals surface area (Å²) in [4.78, 5) is 9.53. The zero-order valence-electron chi connectivity index (χ0n) is 16.4. The molecule has 5 heteroatoms. The van der Waals surface area contributed by atoms with Crippen molar-refractivity contribution in [3.8, 4) is 0 Å². The van der Waals surface area contributed by atoms with Crippen LogP contribution >= 0.6 is 0 Å². The van der Waals surface area contributed by atoms with Gasteiger partial charge in [0.1, 0.15) is 0 Å². The molecule has 134 valence electrons. The third-order valence-electron chi connectivity index (χ3n) is 4.38. The minimum Gasteiger partial charge on any atom is -0.392 e. The molecule has 0 aliphatic heterocycles. The Morgan fingerprint density at radius 1 is 0.727 bits per heavy atom. The fraction of sp³-hybridized carbons (Fsp3) is 1.00. The number of aliphatic hydroxyl groups is 1. The lowest BCUT2D eigenvalue weighted by Gasteiger charge is -2.50. The van der Waals surface area contributed by atoms with Crippen LogP contribution in [0, 0.1) is 0 Å². The smallest absolute Gasteiger partial charge is 0.0646 e. The van der Waals surface area contributed by atoms with Gasteiger partial charge >= 0.3 is 0 Å². The molecule has 0 saturated carbocycles. The van der Waals surface area contributed by atoms with E-state index in [9.17, 15) is 5.11 Å². The number of hydrogen-bond donors (Lipinski definition) is 1. The normalized spacial score (nSPS) is 18.3. The highest BCUT2D eigenvalue weighted by Crippen LogP contribution is 2.23. The molecule has 0 spiro atoms. The van der Waals surface area contributed by atoms with Crippen LogP contribution in [0.25, 0.3) is 0 Å². The van der Waals surface area contributed by atoms with Crippen molar-refractivity contribution in [3.63, 3.8) is 0 Å². The van der Waals surface area contributed by atoms with Crippen molar-refractivity contribution in [1.29, 1.82) is 0 Å². The van der Waals surface area contributed by atoms with Gasteiger partial charge in [0.15, 0.2) is 0 Å². The highest BCUT2D eigenvalue weighted by atomic mass is 16.3. The molecule has 0 fully saturated rings. The Morgan fingerprint density at radius 2 is 1.09 bits per heavy atom. The van der Waals surface area contributed by atoms with E-state index in [2.05, 4.69) is 75.6 Å². The van der Waals surface area contributed by atoms with Gasteiger partial charge in [-0.05, 0) is 61.4 Å². The van der Waals surface area contributed by atoms with Crippen molar-refractivity contribution in [3.05, 3.63) is 0 Å². The fourth-order valence-electron chi connectivity index (χ4n) is 3.57. The maximum absolute atomic E-state index is 9.78. The molecular weight excluding hydrogens is 276 g/mol. The second kappa shape index (κ2) is 10.6. The molecule has 5 nitrogen and oxygen atoms in total. The topological polar surface area (TPSA) is 33.2 Å². The number of aliphatic hydroxyl groups excluding tert-OH is 1. The molecule has 0 aromatic rings. The van der Waals surface area contributed by atoms with Gasteiger partial charge in [-0.3, -0.25) is 19.6 Å². The summed E-state index contributed by atoms with van der Waals surface area (Å²) in [6.07, 6.45) is 3.97. The highest BCUT2D eigenvalue weighted by molar-refractivity contribution is 4.82. The third-order valence-corrected chi connectivity index (χ3v) is 4.38. The van der Waals surface area contributed by atoms with Crippen LogP contribution in [0.1, 0.15) is 47.0 Å². The SMILES string of the molecule is CCC(N(C)C)N(C(CC)N(C)C)C(CC)N(C)CC(C)O. The molecule has 4 unspecified atom stereocenters. The maximum atomic E-state index is 9.78. The lowest BCUT2D eigenvalue weighted by molar-refractivity contribution is -0.100. The van der Waals surface area contributed by atoms with Gasteiger partial charge in [0.2, 0.25) is 0 Å². The second-order valence-corrected chi connectivity index (χ2v) is 6.83. The minimum absolute atomic E-state index is 0.306. The van der Waals surface area contributed by atoms with E-state index in [0.717, 1.165) is 19.3 Å². The Morgan fingerprint density at radius 3 is 1.32 bits per heavy atom. The summed E-state index contributed by atoms with van der Waals surface area (Å²) < 4.78 is 0. The Bertz CT molecular complexity index is 268. The van der Waals surface area contributed by atoms with Crippen molar-refractivity contribution in [1.82, 2.24) is 19.6 Å². The van der Waals surface area contributed by atoms with Gasteiger partial charge in [-0.1, -0.05) is 20.8 Å². The predicted molar refractivity (Wildman–Crippen MR) is 95.8 cm³/mol. The van der Waals surface area contributed by atoms with E-state index in [1.165, 1.54) is 0 Å². The molecule has 0 aliphatic carbocycles. The molecule has 0 aromatic carbocycles. The van der Waals surface area contributed by atoms with Crippen LogP contribution in [-0.2, 0) is 0 Å². The second-order valence-electron chi connectivity index (χ2n) is 6.83. The highest BCUT2D eigenvalue weighted by Gasteiger charge is 2.34. The van der Waals surface area contributed by atoms with Crippen LogP contribution in [0.5, 0.6) is 0 Å². The van der Waals surface area contributed by atoms with E-state index in [1.54, 1.807) is 0 Å². The van der Waals surface area contributed by atoms with E-state index < -0.39 is 0 Å². The van der Waals surface area contributed by atoms with Gasteiger partial charge < -0.3 is 5.11 Å². The van der Waals surface area contributed by atoms with E-state index in [1.807, 2.05) is 6.92 Å². The van der Waals surface area contributed by atoms with Crippen LogP contribution in [0.2, 0.25) is 0 Å². The van der Waals surface area contributed by atoms with Crippen LogP contribution < -0.4 is 0 Å². The zero-order chi connectivity index (χ0) is 17.4. The van der Waals surface area contributed by atoms with Gasteiger partial charge in [0.05, 0.1) is 24.6 Å². The van der Waals surface area contributed by atoms with E-state index >= 15 is 0 Å². The predicted octanol–water partition coefficient (Wildman–Crippen LogP) is 1.93. The standard InChI is InChI=1S/C17H40N4O/c1-10-15(18(5)6)21(16(11-2)19(7)8)17(12-3)20(9)13-14(4)22/h14-17,22H,10-13H2,1-9H3. The molecule has 1 N–H and O–H groups in total. The van der Waals surface area contributed by atoms with E-state index in [0.29, 0.717) is 25.0 Å². The molecule has 0 aromatic heterocycles. The molecular formula is C17H40N4O. The Balaban J connectivity index is 5.58. The first kappa shape index (κ1) is 21.8. The summed E-state index contributed by atoms with van der Waals surface area (Å²) in [6.45, 7) is 9.30. The summed E-state index contributed by atoms with van der Waals surface area (Å²) in [5.74, 6) is 0. The van der Waals surface area contributed by atoms with Gasteiger partial charge in [0, 0.05) is 6.54 Å². The van der Waals surface area contributed by atoms with Gasteiger partial charge in [-0.2, -0.15) is 0 Å². The molecule has 0 radical (unpaired) electrons. The van der Waals surface area contributed by atoms with Crippen LogP contribution in [-0.4, -0.2) is 91.1 Å². The first-order valence-electron chi connectivity index (χ1n) is 8.69. The molecule has 0 heterocycles. The first-order valence-corrected chi connectivity index (χ1v) is 8.69. The average molecular weight is 317 g/mol. The number of nitrogens with zero attached hydrogens (tertiary/aromatic N) is 4. The number of rotatable bonds is 11. The lowest BCUT2D eigenvalue weighted by atomic mass is 10.1. The molecule has 0 rings (SSSR count). The van der Waals surface area contributed by atoms with Crippen molar-refractivity contribution in [2.24, 2.45) is 0 Å². The van der Waals surface area contributed by atoms with Crippen LogP contribution in [0.3, 0.4) is 0 Å². The third kappa shape index (κ3) is 6.13. The van der Waals surface area contributed by atoms with Crippen molar-refractivity contribution in [2.45, 2.75) is 71.6 Å². The van der Waals surface area contributed by atoms with Gasteiger partial charge in [-0.25, -0.2) is 0 Å². The minimum atomic E-state index is -0.306. The number of likely N-dealkylation sites (N-methyl/N-ethyl adjacent to an activating group) is 1. The van der Waals surface area contributed by atoms with E-state index in [4.69, 9.17) is 0 Å². The van der Waals surface area contributed by atoms with Gasteiger partial charge in [0.25, 0.3) is 0 Å². The quantitative estimate of drug-likeness (QED) is 0.589. The molecule has 4 atom stereocenters. The Hall–Kier alpha value is -0.200. The molecule has 22 heavy (non-hydrogen) atoms. The van der Waals surface area contributed by atoms with Crippen LogP contribution in [0.4, 0.5) is 0 Å². The van der Waals surface area contributed by atoms with Crippen molar-refractivity contribution >= 4 is 0 Å². The fourth-order valence-corrected chi connectivity index (χ4v) is 3.57. The van der Waals surface area contributed by atoms with Crippen molar-refractivity contribution in [2.75, 3.05) is 41.8 Å². The molecule has 0 aliphatic rings. The largest absolute Gasteiger partial charge is 0.392 e. The summed E-state index contributed by atoms with van der Waals surface area (Å²) in [5, 5.41) is 9.78. The Kier molecular flexibility index (Phi) is 10.5. The summed E-state index contributed by atoms with van der Waals surface area (Å²) in [6, 6.07) is 0. The zero-order valence-corrected chi connectivity index (χ0v) is 16.4. The lowest BCUT2D eigenvalue weighted by Crippen LogP contribution is -2.62. The van der Waals surface area contributed by atoms with Gasteiger partial charge in [-0.15, -0.1) is 0 Å². The van der Waals surface area contributed by atoms with Crippen LogP contribution in [0.15, 0.2) is 0 Å².